The van der Waals surface area contributed by atoms with Crippen molar-refractivity contribution < 1.29 is 156 Å². The Morgan fingerprint density at radius 3 is 0.876 bits per heavy atom. The molecule has 32 nitrogen and oxygen atoms in total. The third kappa shape index (κ3) is 16.1. The Hall–Kier alpha value is -11.4. The van der Waals surface area contributed by atoms with E-state index >= 15 is 0 Å². The fraction of sp³-hybridized carbons (Fsp3) is 0.305. The molecule has 4 aromatic carbocycles. The molecule has 0 bridgehead atoms. The first-order chi connectivity index (χ1) is 45.6. The van der Waals surface area contributed by atoms with Gasteiger partial charge in [0.2, 0.25) is 5.41 Å². The lowest BCUT2D eigenvalue weighted by Gasteiger charge is -2.38. The second-order valence-corrected chi connectivity index (χ2v) is 21.4. The molecule has 0 aromatic heterocycles. The number of esters is 16. The zero-order valence-electron chi connectivity index (χ0n) is 49.1. The molecule has 1 N–H and O–H groups in total. The first-order valence-corrected chi connectivity index (χ1v) is 27.9. The molecule has 0 saturated carbocycles. The Morgan fingerprint density at radius 1 is 0.361 bits per heavy atom. The fourth-order valence-electron chi connectivity index (χ4n) is 10.4. The number of rotatable bonds is 15. The molecule has 8 heterocycles. The predicted molar refractivity (Wildman–Crippen MR) is 292 cm³/mol. The molecule has 0 atom stereocenters. The van der Waals surface area contributed by atoms with Gasteiger partial charge in [-0.25, -0.2) is 38.4 Å². The number of ether oxygens (including phenoxy) is 9. The lowest BCUT2D eigenvalue weighted by molar-refractivity contribution is -0.288. The topological polar surface area (TPSA) is 410 Å². The molecule has 0 aliphatic carbocycles. The summed E-state index contributed by atoms with van der Waals surface area (Å²) in [6, 6.07) is 11.2. The van der Waals surface area contributed by atoms with Gasteiger partial charge in [0.1, 0.15) is 11.5 Å². The quantitative estimate of drug-likeness (QED) is 0.0741. The van der Waals surface area contributed by atoms with Gasteiger partial charge >= 0.3 is 114 Å². The van der Waals surface area contributed by atoms with Crippen molar-refractivity contribution in [1.29, 1.82) is 0 Å². The summed E-state index contributed by atoms with van der Waals surface area (Å²) in [5.41, 5.74) is -9.52. The van der Waals surface area contributed by atoms with E-state index in [9.17, 15) is 108 Å². The van der Waals surface area contributed by atoms with Crippen LogP contribution in [0.5, 0.6) is 11.5 Å². The van der Waals surface area contributed by atoms with Gasteiger partial charge in [-0.05, 0) is 71.8 Å². The number of hydrogen-bond acceptors (Lipinski definition) is 31. The molecular weight excluding hydrogens is 1320 g/mol. The zero-order chi connectivity index (χ0) is 70.6. The molecule has 8 aliphatic rings. The van der Waals surface area contributed by atoms with E-state index in [4.69, 9.17) is 9.84 Å². The lowest BCUT2D eigenvalue weighted by Crippen LogP contribution is -2.55. The van der Waals surface area contributed by atoms with Crippen LogP contribution in [-0.4, -0.2) is 242 Å². The highest BCUT2D eigenvalue weighted by Crippen LogP contribution is 2.57. The number of halogens is 6. The summed E-state index contributed by atoms with van der Waals surface area (Å²) < 4.78 is 126. The number of fused-ring (bicyclic) bond motifs is 4. The van der Waals surface area contributed by atoms with E-state index in [1.165, 1.54) is 36.4 Å². The number of carboxylic acids is 1. The van der Waals surface area contributed by atoms with Crippen molar-refractivity contribution in [3.05, 3.63) is 128 Å². The van der Waals surface area contributed by atoms with Crippen LogP contribution in [0.15, 0.2) is 72.8 Å². The van der Waals surface area contributed by atoms with E-state index in [0.29, 0.717) is 63.5 Å². The standard InChI is InChI=1S/C19H6F6O6.C16H6O7.C14H19N3O8.C10H12N2O6/c20-18(21,22)17(19(23,24)25,7-1-3-9-11(5-7)15(28)30-13(9)26)8-2-4-10-12(6-8)16(29)31-14(10)27;17-13-9-3-1-7(5-11(9)15(19)22-13)21-8-2-4-10-12(6-8)16(20)23-14(10)18;18-10(19)5-15(1-3-16-6-11(20)24-12(21)7-16)2-4-17-8-13(22)25-14(23)9-17;13-7-3-11(4-8(14)17-7)1-2-12-5-9(15)18-10(16)6-12/h1-6H;1-6H;1-9H2,(H,18,19);1-6H2. The van der Waals surface area contributed by atoms with E-state index in [1.807, 2.05) is 0 Å². The highest BCUT2D eigenvalue weighted by atomic mass is 19.4. The predicted octanol–water partition coefficient (Wildman–Crippen LogP) is 0.720. The van der Waals surface area contributed by atoms with Crippen LogP contribution >= 0.6 is 0 Å². The number of carbonyl (C=O) groups excluding carboxylic acids is 16. The molecule has 8 aliphatic heterocycles. The molecule has 0 spiro atoms. The van der Waals surface area contributed by atoms with E-state index in [0.717, 1.165) is 0 Å². The Kier molecular flexibility index (Phi) is 20.4. The summed E-state index contributed by atoms with van der Waals surface area (Å²) in [6.07, 6.45) is -12.0. The van der Waals surface area contributed by atoms with Crippen molar-refractivity contribution in [2.45, 2.75) is 17.8 Å². The summed E-state index contributed by atoms with van der Waals surface area (Å²) in [4.78, 5) is 200. The summed E-state index contributed by atoms with van der Waals surface area (Å²) >= 11 is 0. The molecule has 0 radical (unpaired) electrons. The average Bonchev–Trinajstić information content (AvgIpc) is 1.55. The zero-order valence-corrected chi connectivity index (χ0v) is 49.1. The van der Waals surface area contributed by atoms with Crippen LogP contribution in [0.1, 0.15) is 94.0 Å². The normalized spacial score (nSPS) is 18.1. The minimum Gasteiger partial charge on any atom is -0.480 e. The van der Waals surface area contributed by atoms with Crippen LogP contribution < -0.4 is 4.74 Å². The largest absolute Gasteiger partial charge is 0.480 e. The lowest BCUT2D eigenvalue weighted by atomic mass is 9.71. The van der Waals surface area contributed by atoms with Crippen molar-refractivity contribution in [1.82, 2.24) is 24.5 Å². The minimum atomic E-state index is -6.02. The number of aliphatic carboxylic acids is 1. The Labute approximate surface area is 536 Å². The summed E-state index contributed by atoms with van der Waals surface area (Å²) in [5, 5.41) is 9.00. The number of cyclic esters (lactones) is 16. The number of carboxylic acid groups (broad SMARTS) is 1. The molecule has 4 fully saturated rings. The number of morpholine rings is 4. The van der Waals surface area contributed by atoms with Gasteiger partial charge in [-0.2, -0.15) is 26.3 Å². The highest BCUT2D eigenvalue weighted by molar-refractivity contribution is 6.17. The minimum absolute atomic E-state index is 0.0287. The van der Waals surface area contributed by atoms with Gasteiger partial charge < -0.3 is 47.7 Å². The number of nitrogens with zero attached hydrogens (tertiary/aromatic N) is 5. The van der Waals surface area contributed by atoms with Gasteiger partial charge in [0.05, 0.1) is 103 Å². The monoisotopic (exact) mass is 1370 g/mol. The SMILES string of the molecule is O=C(O)CN(CCN1CC(=O)OC(=O)C1)CCN1CC(=O)OC(=O)C1.O=C1CN(CCN2CC(=O)OC(=O)C2)CC(=O)O1.O=C1OC(=O)c2cc(C(c3ccc4c(c3)C(=O)OC4=O)(C(F)(F)F)C(F)(F)F)ccc21.O=C1OC(=O)c2cc(Oc3ccc4c(c3)C(=O)OC4=O)ccc21. The van der Waals surface area contributed by atoms with Gasteiger partial charge in [0.25, 0.3) is 0 Å². The molecule has 97 heavy (non-hydrogen) atoms. The van der Waals surface area contributed by atoms with Gasteiger partial charge in [-0.3, -0.25) is 67.7 Å². The van der Waals surface area contributed by atoms with Crippen molar-refractivity contribution in [2.75, 3.05) is 98.2 Å². The van der Waals surface area contributed by atoms with Crippen LogP contribution in [0.2, 0.25) is 0 Å². The van der Waals surface area contributed by atoms with Gasteiger partial charge in [0.15, 0.2) is 0 Å². The Morgan fingerprint density at radius 2 is 0.608 bits per heavy atom. The Bertz CT molecular complexity index is 3800. The molecule has 4 saturated heterocycles. The molecule has 4 aromatic rings. The second kappa shape index (κ2) is 28.3. The molecule has 508 valence electrons. The van der Waals surface area contributed by atoms with Crippen molar-refractivity contribution in [3.63, 3.8) is 0 Å². The van der Waals surface area contributed by atoms with Gasteiger partial charge in [-0.1, -0.05) is 12.1 Å². The second-order valence-electron chi connectivity index (χ2n) is 21.4. The van der Waals surface area contributed by atoms with E-state index < -0.39 is 153 Å². The third-order valence-electron chi connectivity index (χ3n) is 14.8. The number of carbonyl (C=O) groups is 17. The van der Waals surface area contributed by atoms with Crippen LogP contribution in [0.25, 0.3) is 0 Å². The maximum Gasteiger partial charge on any atom is 0.411 e. The van der Waals surface area contributed by atoms with Crippen molar-refractivity contribution >= 4 is 101 Å². The van der Waals surface area contributed by atoms with Crippen LogP contribution in [-0.2, 0) is 86.5 Å². The average molecular weight is 1370 g/mol. The number of benzene rings is 4. The third-order valence-corrected chi connectivity index (χ3v) is 14.8. The molecule has 12 rings (SSSR count). The van der Waals surface area contributed by atoms with Crippen LogP contribution in [0, 0.1) is 0 Å². The summed E-state index contributed by atoms with van der Waals surface area (Å²) in [6.45, 7) is 1.85. The summed E-state index contributed by atoms with van der Waals surface area (Å²) in [5.74, 6) is -13.4. The molecular formula is C59H43F6N5O27. The fourth-order valence-corrected chi connectivity index (χ4v) is 10.4. The van der Waals surface area contributed by atoms with Gasteiger partial charge in [-0.15, -0.1) is 0 Å². The first kappa shape index (κ1) is 70.0. The van der Waals surface area contributed by atoms with Crippen LogP contribution in [0.3, 0.4) is 0 Å². The van der Waals surface area contributed by atoms with Crippen molar-refractivity contribution in [3.8, 4) is 11.5 Å². The molecule has 0 unspecified atom stereocenters. The van der Waals surface area contributed by atoms with E-state index in [2.05, 4.69) is 37.9 Å². The van der Waals surface area contributed by atoms with E-state index in [-0.39, 0.29) is 105 Å². The highest BCUT2D eigenvalue weighted by Gasteiger charge is 2.73. The maximum atomic E-state index is 14.2. The van der Waals surface area contributed by atoms with Gasteiger partial charge in [0, 0.05) is 39.3 Å². The van der Waals surface area contributed by atoms with Crippen molar-refractivity contribution in [2.24, 2.45) is 0 Å². The van der Waals surface area contributed by atoms with Crippen LogP contribution in [0.4, 0.5) is 26.3 Å². The summed E-state index contributed by atoms with van der Waals surface area (Å²) in [7, 11) is 0. The van der Waals surface area contributed by atoms with E-state index in [1.54, 1.807) is 24.5 Å². The maximum absolute atomic E-state index is 14.2. The molecule has 38 heteroatoms. The number of hydrogen-bond donors (Lipinski definition) is 1. The Balaban J connectivity index is 0.000000154. The molecule has 0 amide bonds. The number of alkyl halides is 6. The first-order valence-electron chi connectivity index (χ1n) is 27.9. The smallest absolute Gasteiger partial charge is 0.411 e.